The SMILES string of the molecule is N=c1sc2c(n1Cc1cccc(F)c1)CCCC2. The van der Waals surface area contributed by atoms with Crippen LogP contribution in [0.4, 0.5) is 4.39 Å². The Morgan fingerprint density at radius 3 is 2.94 bits per heavy atom. The molecular formula is C14H15FN2S. The van der Waals surface area contributed by atoms with Gasteiger partial charge in [-0.25, -0.2) is 4.39 Å². The second kappa shape index (κ2) is 4.69. The molecule has 1 aliphatic carbocycles. The Balaban J connectivity index is 1.98. The van der Waals surface area contributed by atoms with E-state index in [0.29, 0.717) is 11.3 Å². The molecule has 0 fully saturated rings. The summed E-state index contributed by atoms with van der Waals surface area (Å²) in [5, 5.41) is 8.06. The van der Waals surface area contributed by atoms with E-state index in [0.717, 1.165) is 18.4 Å². The molecule has 0 aliphatic heterocycles. The molecule has 0 saturated carbocycles. The van der Waals surface area contributed by atoms with Gasteiger partial charge in [-0.1, -0.05) is 12.1 Å². The zero-order chi connectivity index (χ0) is 12.5. The Hall–Kier alpha value is -1.42. The summed E-state index contributed by atoms with van der Waals surface area (Å²) in [6, 6.07) is 6.66. The molecule has 0 atom stereocenters. The summed E-state index contributed by atoms with van der Waals surface area (Å²) in [6.07, 6.45) is 4.58. The van der Waals surface area contributed by atoms with Crippen LogP contribution in [0.2, 0.25) is 0 Å². The van der Waals surface area contributed by atoms with Crippen molar-refractivity contribution in [2.24, 2.45) is 0 Å². The highest BCUT2D eigenvalue weighted by atomic mass is 32.1. The van der Waals surface area contributed by atoms with E-state index in [4.69, 9.17) is 5.41 Å². The minimum atomic E-state index is -0.205. The van der Waals surface area contributed by atoms with Crippen LogP contribution in [0.25, 0.3) is 0 Å². The zero-order valence-corrected chi connectivity index (χ0v) is 10.9. The van der Waals surface area contributed by atoms with E-state index < -0.39 is 0 Å². The van der Waals surface area contributed by atoms with E-state index in [1.165, 1.54) is 29.5 Å². The monoisotopic (exact) mass is 262 g/mol. The number of halogens is 1. The summed E-state index contributed by atoms with van der Waals surface area (Å²) in [5.41, 5.74) is 2.22. The quantitative estimate of drug-likeness (QED) is 0.861. The lowest BCUT2D eigenvalue weighted by Gasteiger charge is -2.14. The van der Waals surface area contributed by atoms with Crippen LogP contribution in [0.15, 0.2) is 24.3 Å². The Kier molecular flexibility index (Phi) is 3.04. The smallest absolute Gasteiger partial charge is 0.182 e. The lowest BCUT2D eigenvalue weighted by atomic mass is 10.0. The number of aryl methyl sites for hydroxylation is 1. The number of rotatable bonds is 2. The predicted octanol–water partition coefficient (Wildman–Crippen LogP) is 3.10. The van der Waals surface area contributed by atoms with E-state index in [2.05, 4.69) is 0 Å². The van der Waals surface area contributed by atoms with Gasteiger partial charge in [-0.15, -0.1) is 11.3 Å². The van der Waals surface area contributed by atoms with Crippen LogP contribution < -0.4 is 4.80 Å². The second-order valence-corrected chi connectivity index (χ2v) is 5.78. The van der Waals surface area contributed by atoms with E-state index in [9.17, 15) is 4.39 Å². The number of fused-ring (bicyclic) bond motifs is 1. The molecule has 3 rings (SSSR count). The predicted molar refractivity (Wildman–Crippen MR) is 70.3 cm³/mol. The Labute approximate surface area is 109 Å². The van der Waals surface area contributed by atoms with Crippen molar-refractivity contribution < 1.29 is 4.39 Å². The summed E-state index contributed by atoms with van der Waals surface area (Å²) in [7, 11) is 0. The van der Waals surface area contributed by atoms with Crippen LogP contribution in [0.3, 0.4) is 0 Å². The molecule has 0 radical (unpaired) electrons. The lowest BCUT2D eigenvalue weighted by molar-refractivity contribution is 0.608. The highest BCUT2D eigenvalue weighted by Crippen LogP contribution is 2.24. The third-order valence-corrected chi connectivity index (χ3v) is 4.51. The van der Waals surface area contributed by atoms with Crippen molar-refractivity contribution in [3.05, 3.63) is 51.0 Å². The molecule has 2 nitrogen and oxygen atoms in total. The molecule has 0 saturated heterocycles. The first-order chi connectivity index (χ1) is 8.74. The first-order valence-corrected chi connectivity index (χ1v) is 7.06. The maximum absolute atomic E-state index is 13.2. The summed E-state index contributed by atoms with van der Waals surface area (Å²) in [5.74, 6) is -0.205. The molecule has 94 valence electrons. The van der Waals surface area contributed by atoms with Crippen LogP contribution in [0.1, 0.15) is 29.0 Å². The lowest BCUT2D eigenvalue weighted by Crippen LogP contribution is -2.18. The molecule has 0 unspecified atom stereocenters. The number of benzene rings is 1. The number of nitrogens with one attached hydrogen (secondary N) is 1. The molecule has 0 amide bonds. The summed E-state index contributed by atoms with van der Waals surface area (Å²) in [4.78, 5) is 1.94. The fourth-order valence-corrected chi connectivity index (χ4v) is 3.63. The van der Waals surface area contributed by atoms with Crippen LogP contribution in [-0.4, -0.2) is 4.57 Å². The fraction of sp³-hybridized carbons (Fsp3) is 0.357. The molecular weight excluding hydrogens is 247 g/mol. The van der Waals surface area contributed by atoms with Gasteiger partial charge in [0.25, 0.3) is 0 Å². The van der Waals surface area contributed by atoms with Crippen LogP contribution in [-0.2, 0) is 19.4 Å². The Bertz CT molecular complexity index is 627. The number of nitrogens with zero attached hydrogens (tertiary/aromatic N) is 1. The zero-order valence-electron chi connectivity index (χ0n) is 10.1. The molecule has 2 aromatic rings. The minimum Gasteiger partial charge on any atom is -0.317 e. The van der Waals surface area contributed by atoms with E-state index in [1.807, 2.05) is 10.6 Å². The molecule has 1 aromatic heterocycles. The normalized spacial score (nSPS) is 14.5. The maximum Gasteiger partial charge on any atom is 0.182 e. The molecule has 18 heavy (non-hydrogen) atoms. The summed E-state index contributed by atoms with van der Waals surface area (Å²) in [6.45, 7) is 0.614. The third kappa shape index (κ3) is 2.12. The highest BCUT2D eigenvalue weighted by molar-refractivity contribution is 7.09. The van der Waals surface area contributed by atoms with Gasteiger partial charge >= 0.3 is 0 Å². The largest absolute Gasteiger partial charge is 0.317 e. The topological polar surface area (TPSA) is 28.8 Å². The van der Waals surface area contributed by atoms with Crippen LogP contribution >= 0.6 is 11.3 Å². The highest BCUT2D eigenvalue weighted by Gasteiger charge is 2.16. The average molecular weight is 262 g/mol. The fourth-order valence-electron chi connectivity index (χ4n) is 2.54. The summed E-state index contributed by atoms with van der Waals surface area (Å²) >= 11 is 1.58. The van der Waals surface area contributed by atoms with Crippen molar-refractivity contribution in [3.63, 3.8) is 0 Å². The van der Waals surface area contributed by atoms with Gasteiger partial charge in [-0.3, -0.25) is 5.41 Å². The molecule has 4 heteroatoms. The Morgan fingerprint density at radius 2 is 2.11 bits per heavy atom. The third-order valence-electron chi connectivity index (χ3n) is 3.41. The minimum absolute atomic E-state index is 0.205. The van der Waals surface area contributed by atoms with Gasteiger partial charge in [0.15, 0.2) is 4.80 Å². The van der Waals surface area contributed by atoms with Crippen molar-refractivity contribution >= 4 is 11.3 Å². The van der Waals surface area contributed by atoms with Gasteiger partial charge < -0.3 is 4.57 Å². The first-order valence-electron chi connectivity index (χ1n) is 6.24. The molecule has 1 aliphatic rings. The summed E-state index contributed by atoms with van der Waals surface area (Å²) < 4.78 is 15.2. The van der Waals surface area contributed by atoms with Gasteiger partial charge in [0, 0.05) is 10.6 Å². The van der Waals surface area contributed by atoms with Crippen molar-refractivity contribution in [1.29, 1.82) is 5.41 Å². The van der Waals surface area contributed by atoms with Crippen LogP contribution in [0.5, 0.6) is 0 Å². The van der Waals surface area contributed by atoms with Gasteiger partial charge in [-0.2, -0.15) is 0 Å². The maximum atomic E-state index is 13.2. The molecule has 1 heterocycles. The molecule has 1 aromatic carbocycles. The number of thiazole rings is 1. The first kappa shape index (κ1) is 11.7. The number of hydrogen-bond acceptors (Lipinski definition) is 2. The van der Waals surface area contributed by atoms with E-state index in [-0.39, 0.29) is 5.82 Å². The van der Waals surface area contributed by atoms with Gasteiger partial charge in [0.05, 0.1) is 6.54 Å². The number of aromatic nitrogens is 1. The van der Waals surface area contributed by atoms with E-state index >= 15 is 0 Å². The van der Waals surface area contributed by atoms with Crippen molar-refractivity contribution in [1.82, 2.24) is 4.57 Å². The molecule has 0 bridgehead atoms. The standard InChI is InChI=1S/C14H15FN2S/c15-11-5-3-4-10(8-11)9-17-12-6-1-2-7-13(12)18-14(17)16/h3-5,8,16H,1-2,6-7,9H2. The van der Waals surface area contributed by atoms with Crippen LogP contribution in [0, 0.1) is 11.2 Å². The Morgan fingerprint density at radius 1 is 1.28 bits per heavy atom. The van der Waals surface area contributed by atoms with Crippen molar-refractivity contribution in [2.45, 2.75) is 32.2 Å². The van der Waals surface area contributed by atoms with Crippen molar-refractivity contribution in [2.75, 3.05) is 0 Å². The molecule has 0 spiro atoms. The number of hydrogen-bond donors (Lipinski definition) is 1. The van der Waals surface area contributed by atoms with Gasteiger partial charge in [0.2, 0.25) is 0 Å². The van der Waals surface area contributed by atoms with Gasteiger partial charge in [0.1, 0.15) is 5.82 Å². The molecule has 1 N–H and O–H groups in total. The average Bonchev–Trinajstić information content (AvgIpc) is 2.66. The van der Waals surface area contributed by atoms with Crippen molar-refractivity contribution in [3.8, 4) is 0 Å². The van der Waals surface area contributed by atoms with E-state index in [1.54, 1.807) is 23.5 Å². The second-order valence-electron chi connectivity index (χ2n) is 4.70. The van der Waals surface area contributed by atoms with Gasteiger partial charge in [-0.05, 0) is 43.4 Å².